The molecule has 0 spiro atoms. The van der Waals surface area contributed by atoms with Crippen molar-refractivity contribution in [2.45, 2.75) is 38.6 Å². The van der Waals surface area contributed by atoms with Crippen molar-refractivity contribution in [1.29, 1.82) is 0 Å². The van der Waals surface area contributed by atoms with Crippen molar-refractivity contribution in [1.82, 2.24) is 19.5 Å². The summed E-state index contributed by atoms with van der Waals surface area (Å²) in [5.41, 5.74) is 2.09. The van der Waals surface area contributed by atoms with E-state index in [0.717, 1.165) is 18.5 Å². The van der Waals surface area contributed by atoms with Gasteiger partial charge in [0, 0.05) is 13.1 Å². The highest BCUT2D eigenvalue weighted by atomic mass is 16.1. The Morgan fingerprint density at radius 3 is 2.74 bits per heavy atom. The number of rotatable bonds is 2. The zero-order valence-corrected chi connectivity index (χ0v) is 11.2. The molecule has 19 heavy (non-hydrogen) atoms. The number of hydrogen-bond acceptors (Lipinski definition) is 5. The lowest BCUT2D eigenvalue weighted by molar-refractivity contribution is 0.514. The largest absolute Gasteiger partial charge is 0.357 e. The third-order valence-electron chi connectivity index (χ3n) is 3.72. The Morgan fingerprint density at radius 1 is 1.32 bits per heavy atom. The number of nitrogens with one attached hydrogen (secondary N) is 1. The predicted molar refractivity (Wildman–Crippen MR) is 73.4 cm³/mol. The summed E-state index contributed by atoms with van der Waals surface area (Å²) in [5, 5.41) is 2.93. The van der Waals surface area contributed by atoms with Crippen LogP contribution in [0.5, 0.6) is 0 Å². The normalized spacial score (nSPS) is 16.1. The van der Waals surface area contributed by atoms with Crippen LogP contribution in [0.3, 0.4) is 0 Å². The van der Waals surface area contributed by atoms with Crippen LogP contribution in [0.4, 0.5) is 5.95 Å². The molecule has 1 aliphatic carbocycles. The smallest absolute Gasteiger partial charge is 0.270 e. The van der Waals surface area contributed by atoms with Gasteiger partial charge >= 0.3 is 0 Å². The number of aryl methyl sites for hydroxylation is 1. The lowest BCUT2D eigenvalue weighted by atomic mass is 10.2. The van der Waals surface area contributed by atoms with Crippen molar-refractivity contribution in [2.75, 3.05) is 12.4 Å². The molecular formula is C13H17N5O. The van der Waals surface area contributed by atoms with Crippen molar-refractivity contribution in [2.24, 2.45) is 0 Å². The zero-order chi connectivity index (χ0) is 13.4. The first-order valence-electron chi connectivity index (χ1n) is 6.64. The summed E-state index contributed by atoms with van der Waals surface area (Å²) in [6.45, 7) is 1.89. The molecule has 0 radical (unpaired) electrons. The van der Waals surface area contributed by atoms with Crippen LogP contribution in [-0.4, -0.2) is 26.6 Å². The number of aromatic nitrogens is 4. The minimum atomic E-state index is -0.0699. The lowest BCUT2D eigenvalue weighted by Gasteiger charge is -2.16. The summed E-state index contributed by atoms with van der Waals surface area (Å²) >= 11 is 0. The molecule has 0 atom stereocenters. The fourth-order valence-corrected chi connectivity index (χ4v) is 2.78. The molecule has 2 heterocycles. The van der Waals surface area contributed by atoms with Gasteiger partial charge in [0.2, 0.25) is 5.95 Å². The molecule has 0 amide bonds. The average molecular weight is 259 g/mol. The lowest BCUT2D eigenvalue weighted by Crippen LogP contribution is -2.25. The Bertz CT molecular complexity index is 673. The third-order valence-corrected chi connectivity index (χ3v) is 3.72. The summed E-state index contributed by atoms with van der Waals surface area (Å²) in [5.74, 6) is 0.532. The molecule has 1 fully saturated rings. The Morgan fingerprint density at radius 2 is 2.05 bits per heavy atom. The molecule has 0 saturated heterocycles. The topological polar surface area (TPSA) is 72.7 Å². The van der Waals surface area contributed by atoms with E-state index in [-0.39, 0.29) is 11.6 Å². The summed E-state index contributed by atoms with van der Waals surface area (Å²) in [7, 11) is 1.77. The minimum absolute atomic E-state index is 0.0699. The first-order chi connectivity index (χ1) is 9.20. The Balaban J connectivity index is 2.31. The molecule has 2 aromatic heterocycles. The summed E-state index contributed by atoms with van der Waals surface area (Å²) < 4.78 is 1.80. The van der Waals surface area contributed by atoms with E-state index in [1.807, 2.05) is 6.92 Å². The number of nitrogens with zero attached hydrogens (tertiary/aromatic N) is 4. The van der Waals surface area contributed by atoms with Gasteiger partial charge in [-0.05, 0) is 19.8 Å². The molecule has 100 valence electrons. The van der Waals surface area contributed by atoms with Crippen LogP contribution >= 0.6 is 0 Å². The van der Waals surface area contributed by atoms with Crippen molar-refractivity contribution >= 4 is 17.1 Å². The number of fused-ring (bicyclic) bond motifs is 1. The zero-order valence-electron chi connectivity index (χ0n) is 11.2. The average Bonchev–Trinajstić information content (AvgIpc) is 2.91. The van der Waals surface area contributed by atoms with Crippen LogP contribution in [0.15, 0.2) is 11.0 Å². The first kappa shape index (κ1) is 12.1. The highest BCUT2D eigenvalue weighted by Crippen LogP contribution is 2.30. The fourth-order valence-electron chi connectivity index (χ4n) is 2.78. The SMILES string of the molecule is CNc1nc(C)c2ncc(=O)n(C3CCCC3)c2n1. The quantitative estimate of drug-likeness (QED) is 0.887. The molecule has 1 saturated carbocycles. The monoisotopic (exact) mass is 259 g/mol. The molecule has 0 aliphatic heterocycles. The van der Waals surface area contributed by atoms with Crippen molar-refractivity contribution in [3.05, 3.63) is 22.2 Å². The van der Waals surface area contributed by atoms with Crippen molar-refractivity contribution in [3.63, 3.8) is 0 Å². The van der Waals surface area contributed by atoms with E-state index in [2.05, 4.69) is 20.3 Å². The molecule has 1 aliphatic rings. The van der Waals surface area contributed by atoms with E-state index in [0.29, 0.717) is 17.1 Å². The van der Waals surface area contributed by atoms with Gasteiger partial charge in [0.25, 0.3) is 5.56 Å². The number of anilines is 1. The summed E-state index contributed by atoms with van der Waals surface area (Å²) in [6, 6.07) is 0.247. The van der Waals surface area contributed by atoms with Gasteiger partial charge in [-0.1, -0.05) is 12.8 Å². The van der Waals surface area contributed by atoms with E-state index in [1.54, 1.807) is 11.6 Å². The van der Waals surface area contributed by atoms with E-state index in [4.69, 9.17) is 0 Å². The first-order valence-corrected chi connectivity index (χ1v) is 6.64. The van der Waals surface area contributed by atoms with Gasteiger partial charge in [0.15, 0.2) is 5.65 Å². The van der Waals surface area contributed by atoms with Gasteiger partial charge in [-0.3, -0.25) is 9.36 Å². The van der Waals surface area contributed by atoms with Crippen LogP contribution in [0.2, 0.25) is 0 Å². The van der Waals surface area contributed by atoms with E-state index >= 15 is 0 Å². The maximum Gasteiger partial charge on any atom is 0.270 e. The molecule has 0 aromatic carbocycles. The Kier molecular flexibility index (Phi) is 2.93. The molecule has 1 N–H and O–H groups in total. The van der Waals surface area contributed by atoms with Crippen molar-refractivity contribution < 1.29 is 0 Å². The van der Waals surface area contributed by atoms with Crippen LogP contribution in [-0.2, 0) is 0 Å². The molecule has 2 aromatic rings. The van der Waals surface area contributed by atoms with Gasteiger partial charge in [-0.25, -0.2) is 9.97 Å². The molecular weight excluding hydrogens is 242 g/mol. The van der Waals surface area contributed by atoms with Crippen LogP contribution < -0.4 is 10.9 Å². The minimum Gasteiger partial charge on any atom is -0.357 e. The fraction of sp³-hybridized carbons (Fsp3) is 0.538. The third kappa shape index (κ3) is 1.97. The maximum atomic E-state index is 12.2. The van der Waals surface area contributed by atoms with E-state index in [9.17, 15) is 4.79 Å². The van der Waals surface area contributed by atoms with Gasteiger partial charge < -0.3 is 5.32 Å². The second-order valence-electron chi connectivity index (χ2n) is 4.96. The predicted octanol–water partition coefficient (Wildman–Crippen LogP) is 1.65. The Hall–Kier alpha value is -1.98. The standard InChI is InChI=1S/C13H17N5O/c1-8-11-12(17-13(14-2)16-8)18(10(19)7-15-11)9-5-3-4-6-9/h7,9H,3-6H2,1-2H3,(H,14,16,17). The van der Waals surface area contributed by atoms with Crippen LogP contribution in [0.1, 0.15) is 37.4 Å². The second kappa shape index (κ2) is 4.60. The van der Waals surface area contributed by atoms with Crippen LogP contribution in [0.25, 0.3) is 11.2 Å². The molecule has 6 nitrogen and oxygen atoms in total. The van der Waals surface area contributed by atoms with E-state index in [1.165, 1.54) is 19.0 Å². The van der Waals surface area contributed by atoms with Gasteiger partial charge in [-0.15, -0.1) is 0 Å². The molecule has 3 rings (SSSR count). The summed E-state index contributed by atoms with van der Waals surface area (Å²) in [4.78, 5) is 25.1. The second-order valence-corrected chi connectivity index (χ2v) is 4.96. The van der Waals surface area contributed by atoms with Crippen LogP contribution in [0, 0.1) is 6.92 Å². The Labute approximate surface area is 110 Å². The highest BCUT2D eigenvalue weighted by Gasteiger charge is 2.21. The summed E-state index contributed by atoms with van der Waals surface area (Å²) in [6.07, 6.45) is 5.80. The van der Waals surface area contributed by atoms with E-state index < -0.39 is 0 Å². The molecule has 0 bridgehead atoms. The molecule has 6 heteroatoms. The van der Waals surface area contributed by atoms with Gasteiger partial charge in [0.05, 0.1) is 11.9 Å². The van der Waals surface area contributed by atoms with Gasteiger partial charge in [-0.2, -0.15) is 4.98 Å². The van der Waals surface area contributed by atoms with Crippen molar-refractivity contribution in [3.8, 4) is 0 Å². The maximum absolute atomic E-state index is 12.2. The number of hydrogen-bond donors (Lipinski definition) is 1. The van der Waals surface area contributed by atoms with Gasteiger partial charge in [0.1, 0.15) is 5.52 Å². The molecule has 0 unspecified atom stereocenters. The highest BCUT2D eigenvalue weighted by molar-refractivity contribution is 5.74.